The van der Waals surface area contributed by atoms with Crippen LogP contribution >= 0.6 is 0 Å². The molecule has 1 aromatic carbocycles. The zero-order valence-electron chi connectivity index (χ0n) is 9.48. The summed E-state index contributed by atoms with van der Waals surface area (Å²) in [4.78, 5) is 4.55. The summed E-state index contributed by atoms with van der Waals surface area (Å²) in [6.07, 6.45) is 1.56. The molecule has 0 bridgehead atoms. The Balaban J connectivity index is 2.41. The van der Waals surface area contributed by atoms with E-state index in [1.807, 2.05) is 25.2 Å². The molecule has 0 saturated heterocycles. The summed E-state index contributed by atoms with van der Waals surface area (Å²) in [5.41, 5.74) is 8.80. The molecule has 0 aliphatic heterocycles. The number of nitrogens with zero attached hydrogens (tertiary/aromatic N) is 2. The monoisotopic (exact) mass is 219 g/mol. The number of benzene rings is 1. The Kier molecular flexibility index (Phi) is 3.22. The van der Waals surface area contributed by atoms with Crippen molar-refractivity contribution in [2.45, 2.75) is 19.4 Å². The Morgan fingerprint density at radius 1 is 1.44 bits per heavy atom. The van der Waals surface area contributed by atoms with Crippen molar-refractivity contribution in [2.75, 3.05) is 6.61 Å². The van der Waals surface area contributed by atoms with Gasteiger partial charge in [0.2, 0.25) is 0 Å². The molecule has 0 fully saturated rings. The number of aliphatic hydroxyl groups is 1. The molecular formula is C12H17N3O. The van der Waals surface area contributed by atoms with Gasteiger partial charge in [0.05, 0.1) is 11.0 Å². The predicted molar refractivity (Wildman–Crippen MR) is 64.0 cm³/mol. The van der Waals surface area contributed by atoms with Crippen molar-refractivity contribution in [1.29, 1.82) is 0 Å². The zero-order chi connectivity index (χ0) is 11.5. The standard InChI is InChI=1S/C12H17N3O/c1-15-11-5-4-9(8-13)7-10(11)14-12(15)3-2-6-16/h4-5,7,16H,2-3,6,8,13H2,1H3. The molecule has 86 valence electrons. The molecule has 0 saturated carbocycles. The third-order valence-electron chi connectivity index (χ3n) is 2.83. The van der Waals surface area contributed by atoms with Gasteiger partial charge in [-0.25, -0.2) is 4.98 Å². The second kappa shape index (κ2) is 4.63. The second-order valence-electron chi connectivity index (χ2n) is 3.94. The van der Waals surface area contributed by atoms with Crippen LogP contribution in [0.4, 0.5) is 0 Å². The van der Waals surface area contributed by atoms with Crippen molar-refractivity contribution in [3.8, 4) is 0 Å². The largest absolute Gasteiger partial charge is 0.396 e. The Morgan fingerprint density at radius 2 is 2.25 bits per heavy atom. The van der Waals surface area contributed by atoms with Crippen molar-refractivity contribution in [1.82, 2.24) is 9.55 Å². The van der Waals surface area contributed by atoms with E-state index in [-0.39, 0.29) is 6.61 Å². The van der Waals surface area contributed by atoms with E-state index in [4.69, 9.17) is 10.8 Å². The number of aliphatic hydroxyl groups excluding tert-OH is 1. The molecule has 0 radical (unpaired) electrons. The van der Waals surface area contributed by atoms with Gasteiger partial charge in [-0.15, -0.1) is 0 Å². The van der Waals surface area contributed by atoms with Crippen LogP contribution in [0.5, 0.6) is 0 Å². The highest BCUT2D eigenvalue weighted by molar-refractivity contribution is 5.76. The second-order valence-corrected chi connectivity index (χ2v) is 3.94. The van der Waals surface area contributed by atoms with Gasteiger partial charge >= 0.3 is 0 Å². The quantitative estimate of drug-likeness (QED) is 0.805. The molecule has 0 atom stereocenters. The highest BCUT2D eigenvalue weighted by atomic mass is 16.2. The number of nitrogens with two attached hydrogens (primary N) is 1. The van der Waals surface area contributed by atoms with Crippen LogP contribution < -0.4 is 5.73 Å². The smallest absolute Gasteiger partial charge is 0.109 e. The fourth-order valence-electron chi connectivity index (χ4n) is 1.88. The first-order valence-electron chi connectivity index (χ1n) is 5.51. The van der Waals surface area contributed by atoms with E-state index in [0.717, 1.165) is 35.3 Å². The molecule has 3 N–H and O–H groups in total. The van der Waals surface area contributed by atoms with E-state index in [0.29, 0.717) is 6.54 Å². The number of aromatic nitrogens is 2. The Bertz CT molecular complexity index is 490. The van der Waals surface area contributed by atoms with Crippen molar-refractivity contribution < 1.29 is 5.11 Å². The van der Waals surface area contributed by atoms with Gasteiger partial charge in [-0.2, -0.15) is 0 Å². The first kappa shape index (κ1) is 11.1. The van der Waals surface area contributed by atoms with E-state index < -0.39 is 0 Å². The summed E-state index contributed by atoms with van der Waals surface area (Å²) in [7, 11) is 2.00. The van der Waals surface area contributed by atoms with Gasteiger partial charge in [-0.3, -0.25) is 0 Å². The summed E-state index contributed by atoms with van der Waals surface area (Å²) in [6, 6.07) is 6.10. The van der Waals surface area contributed by atoms with Gasteiger partial charge < -0.3 is 15.4 Å². The van der Waals surface area contributed by atoms with E-state index >= 15 is 0 Å². The van der Waals surface area contributed by atoms with Crippen LogP contribution in [0.3, 0.4) is 0 Å². The van der Waals surface area contributed by atoms with Gasteiger partial charge in [0, 0.05) is 26.6 Å². The normalized spacial score (nSPS) is 11.2. The van der Waals surface area contributed by atoms with Crippen LogP contribution in [-0.2, 0) is 20.0 Å². The first-order valence-corrected chi connectivity index (χ1v) is 5.51. The molecule has 1 aromatic heterocycles. The van der Waals surface area contributed by atoms with Crippen LogP contribution in [0.15, 0.2) is 18.2 Å². The average molecular weight is 219 g/mol. The first-order chi connectivity index (χ1) is 7.76. The predicted octanol–water partition coefficient (Wildman–Crippen LogP) is 0.957. The average Bonchev–Trinajstić information content (AvgIpc) is 2.63. The lowest BCUT2D eigenvalue weighted by Crippen LogP contribution is -1.99. The summed E-state index contributed by atoms with van der Waals surface area (Å²) < 4.78 is 2.07. The Morgan fingerprint density at radius 3 is 2.94 bits per heavy atom. The molecule has 0 unspecified atom stereocenters. The number of imidazole rings is 1. The van der Waals surface area contributed by atoms with Crippen LogP contribution in [-0.4, -0.2) is 21.3 Å². The third-order valence-corrected chi connectivity index (χ3v) is 2.83. The molecule has 4 heteroatoms. The van der Waals surface area contributed by atoms with Crippen molar-refractivity contribution >= 4 is 11.0 Å². The number of hydrogen-bond acceptors (Lipinski definition) is 3. The molecule has 0 amide bonds. The van der Waals surface area contributed by atoms with Crippen LogP contribution in [0, 0.1) is 0 Å². The lowest BCUT2D eigenvalue weighted by Gasteiger charge is -2.00. The molecule has 0 spiro atoms. The SMILES string of the molecule is Cn1c(CCCO)nc2cc(CN)ccc21. The maximum Gasteiger partial charge on any atom is 0.109 e. The summed E-state index contributed by atoms with van der Waals surface area (Å²) in [6.45, 7) is 0.746. The summed E-state index contributed by atoms with van der Waals surface area (Å²) in [5, 5.41) is 8.82. The highest BCUT2D eigenvalue weighted by Gasteiger charge is 2.07. The van der Waals surface area contributed by atoms with Crippen LogP contribution in [0.2, 0.25) is 0 Å². The molecule has 0 aliphatic carbocycles. The minimum Gasteiger partial charge on any atom is -0.396 e. The molecule has 2 aromatic rings. The van der Waals surface area contributed by atoms with Gasteiger partial charge in [-0.1, -0.05) is 6.07 Å². The van der Waals surface area contributed by atoms with Crippen LogP contribution in [0.25, 0.3) is 11.0 Å². The van der Waals surface area contributed by atoms with E-state index in [1.165, 1.54) is 0 Å². The lowest BCUT2D eigenvalue weighted by molar-refractivity contribution is 0.287. The van der Waals surface area contributed by atoms with Gasteiger partial charge in [0.25, 0.3) is 0 Å². The van der Waals surface area contributed by atoms with E-state index in [1.54, 1.807) is 0 Å². The Hall–Kier alpha value is -1.39. The topological polar surface area (TPSA) is 64.1 Å². The molecule has 0 aliphatic rings. The zero-order valence-corrected chi connectivity index (χ0v) is 9.48. The van der Waals surface area contributed by atoms with E-state index in [2.05, 4.69) is 9.55 Å². The van der Waals surface area contributed by atoms with Gasteiger partial charge in [0.1, 0.15) is 5.82 Å². The molecular weight excluding hydrogens is 202 g/mol. The number of aryl methyl sites for hydroxylation is 2. The minimum absolute atomic E-state index is 0.206. The number of rotatable bonds is 4. The van der Waals surface area contributed by atoms with Gasteiger partial charge in [0.15, 0.2) is 0 Å². The van der Waals surface area contributed by atoms with Crippen molar-refractivity contribution in [3.63, 3.8) is 0 Å². The number of fused-ring (bicyclic) bond motifs is 1. The van der Waals surface area contributed by atoms with Crippen LogP contribution in [0.1, 0.15) is 17.8 Å². The lowest BCUT2D eigenvalue weighted by atomic mass is 10.2. The van der Waals surface area contributed by atoms with E-state index in [9.17, 15) is 0 Å². The summed E-state index contributed by atoms with van der Waals surface area (Å²) in [5.74, 6) is 1.01. The van der Waals surface area contributed by atoms with Gasteiger partial charge in [-0.05, 0) is 24.1 Å². The van der Waals surface area contributed by atoms with Crippen molar-refractivity contribution in [3.05, 3.63) is 29.6 Å². The third kappa shape index (κ3) is 1.94. The molecule has 1 heterocycles. The fraction of sp³-hybridized carbons (Fsp3) is 0.417. The van der Waals surface area contributed by atoms with Crippen molar-refractivity contribution in [2.24, 2.45) is 12.8 Å². The number of hydrogen-bond donors (Lipinski definition) is 2. The Labute approximate surface area is 94.7 Å². The fourth-order valence-corrected chi connectivity index (χ4v) is 1.88. The molecule has 4 nitrogen and oxygen atoms in total. The maximum atomic E-state index is 8.82. The maximum absolute atomic E-state index is 8.82. The molecule has 2 rings (SSSR count). The minimum atomic E-state index is 0.206. The molecule has 16 heavy (non-hydrogen) atoms. The summed E-state index contributed by atoms with van der Waals surface area (Å²) >= 11 is 0. The highest BCUT2D eigenvalue weighted by Crippen LogP contribution is 2.17.